The summed E-state index contributed by atoms with van der Waals surface area (Å²) in [5.41, 5.74) is 0.754. The Labute approximate surface area is 137 Å². The van der Waals surface area contributed by atoms with E-state index in [0.717, 1.165) is 0 Å². The Morgan fingerprint density at radius 3 is 2.41 bits per heavy atom. The second-order valence-electron chi connectivity index (χ2n) is 4.85. The van der Waals surface area contributed by atoms with Crippen LogP contribution in [-0.4, -0.2) is 18.0 Å². The highest BCUT2D eigenvalue weighted by Gasteiger charge is 2.14. The van der Waals surface area contributed by atoms with Crippen LogP contribution in [0.25, 0.3) is 0 Å². The molecule has 0 aromatic heterocycles. The van der Waals surface area contributed by atoms with E-state index < -0.39 is 11.9 Å². The zero-order valence-electron chi connectivity index (χ0n) is 12.2. The van der Waals surface area contributed by atoms with E-state index >= 15 is 0 Å². The van der Waals surface area contributed by atoms with Crippen molar-refractivity contribution in [2.24, 2.45) is 0 Å². The molecule has 5 heteroatoms. The fourth-order valence-corrected chi connectivity index (χ4v) is 2.20. The lowest BCUT2D eigenvalue weighted by atomic mass is 10.2. The summed E-state index contributed by atoms with van der Waals surface area (Å²) in [6.07, 6.45) is -0.209. The van der Waals surface area contributed by atoms with Gasteiger partial charge in [-0.05, 0) is 60.1 Å². The van der Waals surface area contributed by atoms with Crippen molar-refractivity contribution in [2.75, 3.05) is 0 Å². The normalized spacial score (nSPS) is 10.4. The monoisotopic (exact) mass is 362 g/mol. The summed E-state index contributed by atoms with van der Waals surface area (Å²) in [6.45, 7) is 3.55. The van der Waals surface area contributed by atoms with Crippen LogP contribution in [-0.2, 0) is 4.74 Å². The van der Waals surface area contributed by atoms with E-state index in [-0.39, 0.29) is 6.10 Å². The first-order valence-corrected chi connectivity index (χ1v) is 7.54. The van der Waals surface area contributed by atoms with Gasteiger partial charge in [0, 0.05) is 4.47 Å². The fourth-order valence-electron chi connectivity index (χ4n) is 1.76. The second-order valence-corrected chi connectivity index (χ2v) is 5.71. The molecular formula is C17H15BrO4. The molecular weight excluding hydrogens is 348 g/mol. The summed E-state index contributed by atoms with van der Waals surface area (Å²) < 4.78 is 11.1. The van der Waals surface area contributed by atoms with E-state index in [9.17, 15) is 9.59 Å². The van der Waals surface area contributed by atoms with Crippen molar-refractivity contribution >= 4 is 27.9 Å². The average Bonchev–Trinajstić information content (AvgIpc) is 2.47. The van der Waals surface area contributed by atoms with Crippen molar-refractivity contribution in [2.45, 2.75) is 20.0 Å². The molecule has 0 fully saturated rings. The Bertz CT molecular complexity index is 695. The molecule has 0 amide bonds. The summed E-state index contributed by atoms with van der Waals surface area (Å²) in [5.74, 6) is -0.658. The lowest BCUT2D eigenvalue weighted by Gasteiger charge is -2.09. The number of halogens is 1. The summed E-state index contributed by atoms with van der Waals surface area (Å²) in [6, 6.07) is 13.3. The summed E-state index contributed by atoms with van der Waals surface area (Å²) in [5, 5.41) is 0. The molecule has 0 N–H and O–H groups in total. The van der Waals surface area contributed by atoms with E-state index in [2.05, 4.69) is 15.9 Å². The number of esters is 2. The van der Waals surface area contributed by atoms with Gasteiger partial charge in [-0.25, -0.2) is 9.59 Å². The summed E-state index contributed by atoms with van der Waals surface area (Å²) in [4.78, 5) is 24.0. The molecule has 0 unspecified atom stereocenters. The fraction of sp³-hybridized carbons (Fsp3) is 0.176. The van der Waals surface area contributed by atoms with Gasteiger partial charge in [-0.3, -0.25) is 0 Å². The second kappa shape index (κ2) is 7.22. The van der Waals surface area contributed by atoms with Gasteiger partial charge in [-0.1, -0.05) is 18.2 Å². The van der Waals surface area contributed by atoms with Gasteiger partial charge in [-0.15, -0.1) is 0 Å². The third kappa shape index (κ3) is 4.18. The molecule has 114 valence electrons. The molecule has 0 aliphatic carbocycles. The van der Waals surface area contributed by atoms with Gasteiger partial charge in [0.05, 0.1) is 17.2 Å². The lowest BCUT2D eigenvalue weighted by Crippen LogP contribution is -2.13. The van der Waals surface area contributed by atoms with E-state index in [1.165, 1.54) is 6.07 Å². The number of rotatable bonds is 4. The molecule has 0 aliphatic heterocycles. The molecule has 0 radical (unpaired) electrons. The van der Waals surface area contributed by atoms with E-state index in [4.69, 9.17) is 9.47 Å². The van der Waals surface area contributed by atoms with E-state index in [0.29, 0.717) is 21.3 Å². The van der Waals surface area contributed by atoms with Crippen LogP contribution in [0.4, 0.5) is 0 Å². The zero-order valence-corrected chi connectivity index (χ0v) is 13.8. The van der Waals surface area contributed by atoms with Crippen molar-refractivity contribution in [3.8, 4) is 5.75 Å². The number of hydrogen-bond donors (Lipinski definition) is 0. The van der Waals surface area contributed by atoms with Crippen molar-refractivity contribution in [3.05, 3.63) is 64.1 Å². The van der Waals surface area contributed by atoms with Crippen molar-refractivity contribution in [1.29, 1.82) is 0 Å². The van der Waals surface area contributed by atoms with Crippen LogP contribution < -0.4 is 4.74 Å². The highest BCUT2D eigenvalue weighted by atomic mass is 79.9. The number of carbonyl (C=O) groups excluding carboxylic acids is 2. The first-order chi connectivity index (χ1) is 10.5. The van der Waals surface area contributed by atoms with Gasteiger partial charge in [0.1, 0.15) is 5.75 Å². The van der Waals surface area contributed by atoms with Gasteiger partial charge in [-0.2, -0.15) is 0 Å². The third-order valence-corrected chi connectivity index (χ3v) is 3.41. The molecule has 2 aromatic rings. The number of carbonyl (C=O) groups is 2. The Morgan fingerprint density at radius 1 is 1.00 bits per heavy atom. The molecule has 0 atom stereocenters. The SMILES string of the molecule is CC(C)OC(=O)c1cccc(OC(=O)c2ccccc2Br)c1. The first-order valence-electron chi connectivity index (χ1n) is 6.75. The minimum absolute atomic E-state index is 0.209. The van der Waals surface area contributed by atoms with Gasteiger partial charge < -0.3 is 9.47 Å². The summed E-state index contributed by atoms with van der Waals surface area (Å²) in [7, 11) is 0. The highest BCUT2D eigenvalue weighted by molar-refractivity contribution is 9.10. The number of benzene rings is 2. The molecule has 22 heavy (non-hydrogen) atoms. The average molecular weight is 363 g/mol. The molecule has 0 bridgehead atoms. The Balaban J connectivity index is 2.15. The topological polar surface area (TPSA) is 52.6 Å². The molecule has 0 aliphatic rings. The highest BCUT2D eigenvalue weighted by Crippen LogP contribution is 2.20. The largest absolute Gasteiger partial charge is 0.459 e. The molecule has 2 aromatic carbocycles. The van der Waals surface area contributed by atoms with Crippen LogP contribution in [0.15, 0.2) is 53.0 Å². The lowest BCUT2D eigenvalue weighted by molar-refractivity contribution is 0.0376. The molecule has 0 saturated heterocycles. The van der Waals surface area contributed by atoms with Gasteiger partial charge in [0.15, 0.2) is 0 Å². The Kier molecular flexibility index (Phi) is 5.33. The van der Waals surface area contributed by atoms with E-state index in [1.54, 1.807) is 50.2 Å². The maximum atomic E-state index is 12.1. The molecule has 2 rings (SSSR count). The third-order valence-electron chi connectivity index (χ3n) is 2.72. The van der Waals surface area contributed by atoms with Crippen molar-refractivity contribution < 1.29 is 19.1 Å². The maximum absolute atomic E-state index is 12.1. The van der Waals surface area contributed by atoms with Crippen LogP contribution in [0.5, 0.6) is 5.75 Å². The Morgan fingerprint density at radius 2 is 1.73 bits per heavy atom. The maximum Gasteiger partial charge on any atom is 0.344 e. The van der Waals surface area contributed by atoms with Crippen LogP contribution in [0, 0.1) is 0 Å². The molecule has 0 spiro atoms. The number of hydrogen-bond acceptors (Lipinski definition) is 4. The molecule has 0 heterocycles. The molecule has 0 saturated carbocycles. The predicted molar refractivity (Wildman–Crippen MR) is 86.1 cm³/mol. The standard InChI is InChI=1S/C17H15BrO4/c1-11(2)21-16(19)12-6-5-7-13(10-12)22-17(20)14-8-3-4-9-15(14)18/h3-11H,1-2H3. The Hall–Kier alpha value is -2.14. The minimum Gasteiger partial charge on any atom is -0.459 e. The van der Waals surface area contributed by atoms with Gasteiger partial charge >= 0.3 is 11.9 Å². The van der Waals surface area contributed by atoms with E-state index in [1.807, 2.05) is 6.07 Å². The first kappa shape index (κ1) is 16.2. The quantitative estimate of drug-likeness (QED) is 0.603. The van der Waals surface area contributed by atoms with Crippen LogP contribution >= 0.6 is 15.9 Å². The van der Waals surface area contributed by atoms with Crippen LogP contribution in [0.3, 0.4) is 0 Å². The van der Waals surface area contributed by atoms with Crippen LogP contribution in [0.1, 0.15) is 34.6 Å². The smallest absolute Gasteiger partial charge is 0.344 e. The number of ether oxygens (including phenoxy) is 2. The van der Waals surface area contributed by atoms with Crippen molar-refractivity contribution in [3.63, 3.8) is 0 Å². The minimum atomic E-state index is -0.498. The van der Waals surface area contributed by atoms with Crippen molar-refractivity contribution in [1.82, 2.24) is 0 Å². The van der Waals surface area contributed by atoms with Gasteiger partial charge in [0.2, 0.25) is 0 Å². The van der Waals surface area contributed by atoms with Gasteiger partial charge in [0.25, 0.3) is 0 Å². The summed E-state index contributed by atoms with van der Waals surface area (Å²) >= 11 is 3.30. The molecule has 4 nitrogen and oxygen atoms in total. The zero-order chi connectivity index (χ0) is 16.1. The van der Waals surface area contributed by atoms with Crippen LogP contribution in [0.2, 0.25) is 0 Å². The predicted octanol–water partition coefficient (Wildman–Crippen LogP) is 4.23.